The molecule has 0 amide bonds. The average Bonchev–Trinajstić information content (AvgIpc) is 2.35. The van der Waals surface area contributed by atoms with Gasteiger partial charge in [-0.25, -0.2) is 8.78 Å². The molecule has 0 heterocycles. The highest BCUT2D eigenvalue weighted by Crippen LogP contribution is 2.30. The van der Waals surface area contributed by atoms with E-state index < -0.39 is 23.8 Å². The Hall–Kier alpha value is -1.16. The van der Waals surface area contributed by atoms with Crippen molar-refractivity contribution in [3.63, 3.8) is 0 Å². The third-order valence-corrected chi connectivity index (χ3v) is 3.62. The van der Waals surface area contributed by atoms with Gasteiger partial charge in [0.25, 0.3) is 0 Å². The van der Waals surface area contributed by atoms with Gasteiger partial charge in [0.2, 0.25) is 0 Å². The van der Waals surface area contributed by atoms with Gasteiger partial charge in [0.15, 0.2) is 11.6 Å². The average molecular weight is 256 g/mol. The van der Waals surface area contributed by atoms with Crippen LogP contribution in [0.3, 0.4) is 0 Å². The van der Waals surface area contributed by atoms with Crippen molar-refractivity contribution >= 4 is 0 Å². The summed E-state index contributed by atoms with van der Waals surface area (Å²) in [7, 11) is 0. The Balaban J connectivity index is 2.07. The number of hydrogen-bond acceptors (Lipinski definition) is 2. The van der Waals surface area contributed by atoms with Gasteiger partial charge in [0, 0.05) is 6.07 Å². The van der Waals surface area contributed by atoms with E-state index in [1.54, 1.807) is 0 Å². The van der Waals surface area contributed by atoms with Crippen LogP contribution in [0.4, 0.5) is 8.78 Å². The van der Waals surface area contributed by atoms with Crippen LogP contribution in [0.25, 0.3) is 0 Å². The number of rotatable bonds is 3. The molecular weight excluding hydrogens is 238 g/mol. The molecule has 100 valence electrons. The van der Waals surface area contributed by atoms with Gasteiger partial charge in [-0.05, 0) is 37.3 Å². The number of hydrogen-bond donors (Lipinski definition) is 1. The summed E-state index contributed by atoms with van der Waals surface area (Å²) in [4.78, 5) is 0. The Kier molecular flexibility index (Phi) is 4.17. The smallest absolute Gasteiger partial charge is 0.167 e. The molecule has 0 aliphatic heterocycles. The fourth-order valence-electron chi connectivity index (χ4n) is 2.43. The topological polar surface area (TPSA) is 29.5 Å². The predicted octanol–water partition coefficient (Wildman–Crippen LogP) is 3.28. The summed E-state index contributed by atoms with van der Waals surface area (Å²) in [5.41, 5.74) is 0. The van der Waals surface area contributed by atoms with E-state index in [1.807, 2.05) is 0 Å². The summed E-state index contributed by atoms with van der Waals surface area (Å²) in [5, 5.41) is 9.87. The summed E-state index contributed by atoms with van der Waals surface area (Å²) in [6.45, 7) is 2.10. The molecule has 0 spiro atoms. The lowest BCUT2D eigenvalue weighted by Crippen LogP contribution is -2.38. The van der Waals surface area contributed by atoms with Gasteiger partial charge in [-0.1, -0.05) is 13.3 Å². The minimum Gasteiger partial charge on any atom is -0.485 e. The van der Waals surface area contributed by atoms with E-state index in [9.17, 15) is 13.9 Å². The second kappa shape index (κ2) is 5.65. The molecule has 1 fully saturated rings. The monoisotopic (exact) mass is 256 g/mol. The van der Waals surface area contributed by atoms with Gasteiger partial charge in [0.05, 0.1) is 6.10 Å². The molecule has 0 bridgehead atoms. The summed E-state index contributed by atoms with van der Waals surface area (Å²) in [5.74, 6) is -0.838. The van der Waals surface area contributed by atoms with Crippen molar-refractivity contribution < 1.29 is 18.6 Å². The van der Waals surface area contributed by atoms with Crippen molar-refractivity contribution in [1.29, 1.82) is 0 Å². The zero-order valence-electron chi connectivity index (χ0n) is 10.4. The number of aliphatic hydroxyl groups excluding tert-OH is 1. The largest absolute Gasteiger partial charge is 0.485 e. The van der Waals surface area contributed by atoms with Crippen LogP contribution >= 0.6 is 0 Å². The van der Waals surface area contributed by atoms with Crippen LogP contribution in [0, 0.1) is 17.6 Å². The van der Waals surface area contributed by atoms with E-state index >= 15 is 0 Å². The van der Waals surface area contributed by atoms with Gasteiger partial charge < -0.3 is 9.84 Å². The highest BCUT2D eigenvalue weighted by Gasteiger charge is 2.30. The van der Waals surface area contributed by atoms with E-state index in [-0.39, 0.29) is 5.75 Å². The second-order valence-electron chi connectivity index (χ2n) is 4.89. The Morgan fingerprint density at radius 1 is 1.33 bits per heavy atom. The van der Waals surface area contributed by atoms with Gasteiger partial charge in [-0.3, -0.25) is 0 Å². The summed E-state index contributed by atoms with van der Waals surface area (Å²) < 4.78 is 31.7. The maximum absolute atomic E-state index is 13.5. The van der Waals surface area contributed by atoms with E-state index in [4.69, 9.17) is 4.74 Å². The molecular formula is C14H18F2O2. The van der Waals surface area contributed by atoms with Crippen LogP contribution in [0.2, 0.25) is 0 Å². The van der Waals surface area contributed by atoms with Crippen molar-refractivity contribution in [3.05, 3.63) is 29.8 Å². The molecule has 1 aliphatic carbocycles. The molecule has 1 saturated carbocycles. The van der Waals surface area contributed by atoms with Crippen LogP contribution in [0.1, 0.15) is 32.6 Å². The third kappa shape index (κ3) is 2.99. The van der Waals surface area contributed by atoms with Crippen molar-refractivity contribution in [3.8, 4) is 5.75 Å². The maximum Gasteiger partial charge on any atom is 0.167 e. The Morgan fingerprint density at radius 3 is 2.78 bits per heavy atom. The van der Waals surface area contributed by atoms with Crippen LogP contribution in [-0.4, -0.2) is 17.3 Å². The molecule has 18 heavy (non-hydrogen) atoms. The zero-order valence-corrected chi connectivity index (χ0v) is 10.4. The normalized spacial score (nSPS) is 28.1. The summed E-state index contributed by atoms with van der Waals surface area (Å²) >= 11 is 0. The molecule has 0 saturated heterocycles. The van der Waals surface area contributed by atoms with Crippen LogP contribution < -0.4 is 4.74 Å². The standard InChI is InChI=1S/C14H18F2O2/c1-2-9-3-5-12(17)14(7-9)18-13-6-4-10(15)8-11(13)16/h4,6,8-9,12,14,17H,2-3,5,7H2,1H3. The molecule has 0 aromatic heterocycles. The molecule has 4 heteroatoms. The first-order valence-electron chi connectivity index (χ1n) is 6.40. The first-order chi connectivity index (χ1) is 8.60. The van der Waals surface area contributed by atoms with E-state index in [2.05, 4.69) is 6.92 Å². The van der Waals surface area contributed by atoms with E-state index in [1.165, 1.54) is 6.07 Å². The van der Waals surface area contributed by atoms with Crippen LogP contribution in [0.15, 0.2) is 18.2 Å². The number of ether oxygens (including phenoxy) is 1. The first-order valence-corrected chi connectivity index (χ1v) is 6.40. The fraction of sp³-hybridized carbons (Fsp3) is 0.571. The van der Waals surface area contributed by atoms with Gasteiger partial charge in [0.1, 0.15) is 11.9 Å². The van der Waals surface area contributed by atoms with Gasteiger partial charge >= 0.3 is 0 Å². The quantitative estimate of drug-likeness (QED) is 0.899. The molecule has 1 aromatic carbocycles. The molecule has 1 aromatic rings. The molecule has 3 unspecified atom stereocenters. The summed E-state index contributed by atoms with van der Waals surface area (Å²) in [6.07, 6.45) is 2.42. The zero-order chi connectivity index (χ0) is 13.1. The molecule has 2 rings (SSSR count). The predicted molar refractivity (Wildman–Crippen MR) is 64.4 cm³/mol. The van der Waals surface area contributed by atoms with E-state index in [0.29, 0.717) is 18.8 Å². The Labute approximate surface area is 106 Å². The molecule has 3 atom stereocenters. The van der Waals surface area contributed by atoms with Crippen LogP contribution in [0.5, 0.6) is 5.75 Å². The number of aliphatic hydroxyl groups is 1. The van der Waals surface area contributed by atoms with E-state index in [0.717, 1.165) is 25.0 Å². The van der Waals surface area contributed by atoms with Crippen molar-refractivity contribution in [2.75, 3.05) is 0 Å². The maximum atomic E-state index is 13.5. The highest BCUT2D eigenvalue weighted by molar-refractivity contribution is 5.25. The SMILES string of the molecule is CCC1CCC(O)C(Oc2ccc(F)cc2F)C1. The molecule has 0 radical (unpaired) electrons. The van der Waals surface area contributed by atoms with Crippen molar-refractivity contribution in [2.45, 2.75) is 44.8 Å². The molecule has 1 aliphatic rings. The van der Waals surface area contributed by atoms with Gasteiger partial charge in [-0.15, -0.1) is 0 Å². The minimum absolute atomic E-state index is 0.0113. The van der Waals surface area contributed by atoms with Crippen LogP contribution in [-0.2, 0) is 0 Å². The van der Waals surface area contributed by atoms with Gasteiger partial charge in [-0.2, -0.15) is 0 Å². The lowest BCUT2D eigenvalue weighted by atomic mass is 9.84. The number of halogens is 2. The van der Waals surface area contributed by atoms with Crippen molar-refractivity contribution in [2.24, 2.45) is 5.92 Å². The molecule has 2 nitrogen and oxygen atoms in total. The first kappa shape index (κ1) is 13.3. The Morgan fingerprint density at radius 2 is 2.11 bits per heavy atom. The minimum atomic E-state index is -0.721. The highest BCUT2D eigenvalue weighted by atomic mass is 19.1. The number of benzene rings is 1. The molecule has 1 N–H and O–H groups in total. The fourth-order valence-corrected chi connectivity index (χ4v) is 2.43. The Bertz CT molecular complexity index is 409. The lowest BCUT2D eigenvalue weighted by molar-refractivity contribution is -0.0126. The summed E-state index contributed by atoms with van der Waals surface area (Å²) in [6, 6.07) is 3.22. The second-order valence-corrected chi connectivity index (χ2v) is 4.89. The van der Waals surface area contributed by atoms with Crippen molar-refractivity contribution in [1.82, 2.24) is 0 Å². The third-order valence-electron chi connectivity index (χ3n) is 3.62. The lowest BCUT2D eigenvalue weighted by Gasteiger charge is -2.33.